The van der Waals surface area contributed by atoms with Gasteiger partial charge >= 0.3 is 0 Å². The van der Waals surface area contributed by atoms with Crippen molar-refractivity contribution >= 4 is 65.0 Å². The molecule has 0 amide bonds. The molecule has 0 fully saturated rings. The van der Waals surface area contributed by atoms with Crippen molar-refractivity contribution in [2.24, 2.45) is 20.5 Å². The van der Waals surface area contributed by atoms with Gasteiger partial charge in [0.2, 0.25) is 10.0 Å². The predicted molar refractivity (Wildman–Crippen MR) is 188 cm³/mol. The van der Waals surface area contributed by atoms with Gasteiger partial charge < -0.3 is 15.2 Å². The lowest BCUT2D eigenvalue weighted by Gasteiger charge is -2.18. The van der Waals surface area contributed by atoms with E-state index < -0.39 is 36.5 Å². The van der Waals surface area contributed by atoms with Crippen LogP contribution in [0.1, 0.15) is 19.4 Å². The number of nitrogens with zero attached hydrogens (tertiary/aromatic N) is 5. The zero-order chi connectivity index (χ0) is 35.3. The zero-order valence-electron chi connectivity index (χ0n) is 27.1. The van der Waals surface area contributed by atoms with Crippen LogP contribution >= 0.6 is 0 Å². The maximum Gasteiger partial charge on any atom is 0.296 e. The molecule has 0 bridgehead atoms. The highest BCUT2D eigenvalue weighted by molar-refractivity contribution is 7.89. The molecule has 0 atom stereocenters. The van der Waals surface area contributed by atoms with Crippen molar-refractivity contribution in [3.63, 3.8) is 0 Å². The van der Waals surface area contributed by atoms with Gasteiger partial charge in [0.1, 0.15) is 22.0 Å². The molecule has 0 radical (unpaired) electrons. The first-order valence-electron chi connectivity index (χ1n) is 15.1. The maximum absolute atomic E-state index is 12.8. The van der Waals surface area contributed by atoms with Gasteiger partial charge in [-0.05, 0) is 84.6 Å². The van der Waals surface area contributed by atoms with E-state index in [9.17, 15) is 26.5 Å². The number of anilines is 2. The lowest BCUT2D eigenvalue weighted by molar-refractivity contribution is 0.416. The smallest absolute Gasteiger partial charge is 0.296 e. The number of para-hydroxylation sites is 1. The van der Waals surface area contributed by atoms with Gasteiger partial charge in [-0.15, -0.1) is 10.2 Å². The Kier molecular flexibility index (Phi) is 10.4. The van der Waals surface area contributed by atoms with Crippen LogP contribution < -0.4 is 10.1 Å². The highest BCUT2D eigenvalue weighted by Crippen LogP contribution is 2.43. The van der Waals surface area contributed by atoms with Gasteiger partial charge in [-0.3, -0.25) is 4.55 Å². The first-order chi connectivity index (χ1) is 23.3. The third kappa shape index (κ3) is 7.76. The number of hydrogen-bond acceptors (Lipinski definition) is 11. The molecule has 0 aliphatic rings. The number of sulfonamides is 1. The van der Waals surface area contributed by atoms with E-state index in [1.54, 1.807) is 63.2 Å². The Morgan fingerprint density at radius 3 is 2.08 bits per heavy atom. The number of azo groups is 2. The van der Waals surface area contributed by atoms with Crippen LogP contribution in [0.3, 0.4) is 0 Å². The minimum atomic E-state index is -4.83. The second-order valence-electron chi connectivity index (χ2n) is 10.8. The Labute approximate surface area is 284 Å². The Bertz CT molecular complexity index is 2270. The molecule has 49 heavy (non-hydrogen) atoms. The van der Waals surface area contributed by atoms with Crippen molar-refractivity contribution in [1.29, 1.82) is 0 Å². The first kappa shape index (κ1) is 35.1. The fraction of sp³-hybridized carbons (Fsp3) is 0.176. The molecule has 0 heterocycles. The Morgan fingerprint density at radius 1 is 0.776 bits per heavy atom. The van der Waals surface area contributed by atoms with Crippen LogP contribution in [0.25, 0.3) is 10.8 Å². The third-order valence-corrected chi connectivity index (χ3v) is 10.5. The number of ether oxygens (including phenoxy) is 1. The number of methoxy groups -OCH3 is 1. The maximum atomic E-state index is 12.8. The predicted octanol–water partition coefficient (Wildman–Crippen LogP) is 8.71. The molecule has 254 valence electrons. The molecule has 0 aliphatic carbocycles. The molecule has 15 heteroatoms. The Balaban J connectivity index is 1.45. The third-order valence-electron chi connectivity index (χ3n) is 7.60. The minimum absolute atomic E-state index is 0.155. The fourth-order valence-corrected chi connectivity index (χ4v) is 7.15. The summed E-state index contributed by atoms with van der Waals surface area (Å²) in [6.07, 6.45) is 0. The number of nitrogens with one attached hydrogen (secondary N) is 1. The largest absolute Gasteiger partial charge is 0.505 e. The van der Waals surface area contributed by atoms with Gasteiger partial charge in [0, 0.05) is 35.9 Å². The van der Waals surface area contributed by atoms with E-state index >= 15 is 0 Å². The van der Waals surface area contributed by atoms with Crippen molar-refractivity contribution in [2.75, 3.05) is 25.5 Å². The quantitative estimate of drug-likeness (QED) is 0.0852. The molecule has 3 N–H and O–H groups in total. The number of benzene rings is 5. The number of aromatic hydroxyl groups is 1. The van der Waals surface area contributed by atoms with Crippen LogP contribution in [-0.2, 0) is 20.1 Å². The SMILES string of the molecule is CCN(CC)S(=O)(=O)c1ccc(/N=N/c2cc(OC)c(/N=N/c3c(S(=O)(=O)O)cc4cc(Nc5ccccc5)ccc4c3O)cc2C)cc1. The van der Waals surface area contributed by atoms with E-state index in [2.05, 4.69) is 25.8 Å². The second kappa shape index (κ2) is 14.5. The van der Waals surface area contributed by atoms with E-state index in [1.807, 2.05) is 30.3 Å². The van der Waals surface area contributed by atoms with Crippen molar-refractivity contribution < 1.29 is 31.2 Å². The lowest BCUT2D eigenvalue weighted by atomic mass is 10.1. The molecular weight excluding hydrogens is 669 g/mol. The van der Waals surface area contributed by atoms with Crippen LogP contribution in [0, 0.1) is 6.92 Å². The van der Waals surface area contributed by atoms with Gasteiger partial charge in [0.05, 0.1) is 23.4 Å². The number of phenolic OH excluding ortho intramolecular Hbond substituents is 1. The van der Waals surface area contributed by atoms with Gasteiger partial charge in [-0.1, -0.05) is 32.0 Å². The lowest BCUT2D eigenvalue weighted by Crippen LogP contribution is -2.30. The van der Waals surface area contributed by atoms with Crippen LogP contribution in [0.4, 0.5) is 34.1 Å². The first-order valence-corrected chi connectivity index (χ1v) is 17.9. The summed E-state index contributed by atoms with van der Waals surface area (Å²) in [7, 11) is -7.04. The average molecular weight is 703 g/mol. The normalized spacial score (nSPS) is 12.4. The molecule has 5 rings (SSSR count). The summed E-state index contributed by atoms with van der Waals surface area (Å²) < 4.78 is 67.3. The van der Waals surface area contributed by atoms with Crippen molar-refractivity contribution in [3.05, 3.63) is 96.6 Å². The van der Waals surface area contributed by atoms with Crippen LogP contribution in [0.5, 0.6) is 11.5 Å². The molecule has 0 spiro atoms. The summed E-state index contributed by atoms with van der Waals surface area (Å²) >= 11 is 0. The van der Waals surface area contributed by atoms with Gasteiger partial charge in [-0.2, -0.15) is 23.0 Å². The average Bonchev–Trinajstić information content (AvgIpc) is 3.08. The number of rotatable bonds is 12. The molecule has 0 aromatic heterocycles. The summed E-state index contributed by atoms with van der Waals surface area (Å²) in [5, 5.41) is 31.7. The van der Waals surface area contributed by atoms with Crippen LogP contribution in [0.15, 0.2) is 121 Å². The van der Waals surface area contributed by atoms with E-state index in [1.165, 1.54) is 29.6 Å². The molecule has 13 nitrogen and oxygen atoms in total. The minimum Gasteiger partial charge on any atom is -0.505 e. The molecule has 5 aromatic carbocycles. The van der Waals surface area contributed by atoms with E-state index in [0.717, 1.165) is 5.69 Å². The van der Waals surface area contributed by atoms with Crippen molar-refractivity contribution in [3.8, 4) is 11.5 Å². The van der Waals surface area contributed by atoms with Crippen LogP contribution in [-0.4, -0.2) is 51.0 Å². The van der Waals surface area contributed by atoms with E-state index in [0.29, 0.717) is 41.1 Å². The highest BCUT2D eigenvalue weighted by Gasteiger charge is 2.23. The second-order valence-corrected chi connectivity index (χ2v) is 14.1. The van der Waals surface area contributed by atoms with Crippen molar-refractivity contribution in [2.45, 2.75) is 30.6 Å². The highest BCUT2D eigenvalue weighted by atomic mass is 32.2. The number of phenols is 1. The molecule has 0 aliphatic heterocycles. The Morgan fingerprint density at radius 2 is 1.45 bits per heavy atom. The number of hydrogen-bond donors (Lipinski definition) is 3. The van der Waals surface area contributed by atoms with E-state index in [4.69, 9.17) is 4.74 Å². The molecule has 0 unspecified atom stereocenters. The van der Waals surface area contributed by atoms with Crippen LogP contribution in [0.2, 0.25) is 0 Å². The van der Waals surface area contributed by atoms with E-state index in [-0.39, 0.29) is 21.7 Å². The summed E-state index contributed by atoms with van der Waals surface area (Å²) in [5.74, 6) is -0.272. The topological polar surface area (TPSA) is 183 Å². The molecule has 0 saturated carbocycles. The molecule has 5 aromatic rings. The van der Waals surface area contributed by atoms with Crippen molar-refractivity contribution in [1.82, 2.24) is 4.31 Å². The number of fused-ring (bicyclic) bond motifs is 1. The van der Waals surface area contributed by atoms with Gasteiger partial charge in [-0.25, -0.2) is 8.42 Å². The molecular formula is C34H34N6O7S2. The Hall–Kier alpha value is -5.22. The van der Waals surface area contributed by atoms with Gasteiger partial charge in [0.25, 0.3) is 10.1 Å². The zero-order valence-corrected chi connectivity index (χ0v) is 28.7. The summed E-state index contributed by atoms with van der Waals surface area (Å²) in [5.41, 5.74) is 2.63. The number of aryl methyl sites for hydroxylation is 1. The van der Waals surface area contributed by atoms with Gasteiger partial charge in [0.15, 0.2) is 5.75 Å². The molecule has 0 saturated heterocycles. The summed E-state index contributed by atoms with van der Waals surface area (Å²) in [4.78, 5) is -0.475. The summed E-state index contributed by atoms with van der Waals surface area (Å²) in [6, 6.07) is 24.7. The fourth-order valence-electron chi connectivity index (χ4n) is 5.04. The standard InChI is InChI=1S/C34H34N6O7S2/c1-5-40(6-2)48(42,43)27-15-12-25(13-16-27)36-37-29-21-31(47-4)30(18-22(29)3)38-39-33-32(49(44,45)46)20-23-19-26(14-17-28(23)34(33)41)35-24-10-8-7-9-11-24/h7-21,35,41H,5-6H2,1-4H3,(H,44,45,46)/b37-36+,39-38+. The summed E-state index contributed by atoms with van der Waals surface area (Å²) in [6.45, 7) is 6.01. The monoisotopic (exact) mass is 702 g/mol.